The quantitative estimate of drug-likeness (QED) is 0.493. The fraction of sp³-hybridized carbons (Fsp3) is 0.500. The maximum absolute atomic E-state index is 2.18. The van der Waals surface area contributed by atoms with E-state index in [4.69, 9.17) is 0 Å². The highest BCUT2D eigenvalue weighted by Crippen LogP contribution is 2.33. The van der Waals surface area contributed by atoms with Gasteiger partial charge in [0.2, 0.25) is 0 Å². The predicted molar refractivity (Wildman–Crippen MR) is 53.9 cm³/mol. The van der Waals surface area contributed by atoms with Gasteiger partial charge in [0, 0.05) is 0 Å². The number of hydrogen-bond donors (Lipinski definition) is 0. The highest BCUT2D eigenvalue weighted by atomic mass is 35.5. The molecule has 0 aromatic heterocycles. The van der Waals surface area contributed by atoms with Gasteiger partial charge in [0.25, 0.3) is 0 Å². The van der Waals surface area contributed by atoms with Crippen molar-refractivity contribution >= 4 is 29.8 Å². The molecule has 2 heteroatoms. The Kier molecular flexibility index (Phi) is 5.48. The Labute approximate surface area is 79.9 Å². The van der Waals surface area contributed by atoms with Crippen molar-refractivity contribution < 1.29 is 0 Å². The van der Waals surface area contributed by atoms with Crippen LogP contribution >= 0.6 is 12.4 Å². The number of hydrogen-bond acceptors (Lipinski definition) is 0. The van der Waals surface area contributed by atoms with Crippen LogP contribution in [0.1, 0.15) is 27.7 Å². The van der Waals surface area contributed by atoms with E-state index in [1.165, 1.54) is 22.3 Å². The van der Waals surface area contributed by atoms with Crippen LogP contribution in [-0.4, -0.2) is 17.4 Å². The Bertz CT molecular complexity index is 136. The van der Waals surface area contributed by atoms with Crippen molar-refractivity contribution in [1.29, 1.82) is 0 Å². The van der Waals surface area contributed by atoms with E-state index in [0.29, 0.717) is 0 Å². The van der Waals surface area contributed by atoms with Crippen LogP contribution in [0.25, 0.3) is 0 Å². The van der Waals surface area contributed by atoms with Gasteiger partial charge in [-0.1, -0.05) is 0 Å². The molecule has 0 amide bonds. The molecule has 1 aliphatic rings. The molecule has 0 nitrogen and oxygen atoms in total. The van der Waals surface area contributed by atoms with Gasteiger partial charge < -0.3 is 0 Å². The van der Waals surface area contributed by atoms with Crippen molar-refractivity contribution in [1.82, 2.24) is 0 Å². The molecule has 0 aromatic rings. The number of allylic oxidation sites excluding steroid dienone is 4. The maximum Gasteiger partial charge on any atom is 0.187 e. The van der Waals surface area contributed by atoms with Gasteiger partial charge in [-0.05, 0) is 50.0 Å². The Morgan fingerprint density at radius 1 is 0.600 bits per heavy atom. The summed E-state index contributed by atoms with van der Waals surface area (Å²) in [6.45, 7) is 8.71. The van der Waals surface area contributed by atoms with Gasteiger partial charge in [-0.25, -0.2) is 0 Å². The molecular weight excluding hydrogens is 159 g/mol. The summed E-state index contributed by atoms with van der Waals surface area (Å²) in [5.74, 6) is 0. The molecule has 0 aliphatic heterocycles. The molecule has 0 saturated carbocycles. The van der Waals surface area contributed by atoms with Crippen molar-refractivity contribution in [3.05, 3.63) is 22.3 Å². The first-order chi connectivity index (χ1) is 3.64. The van der Waals surface area contributed by atoms with Crippen molar-refractivity contribution in [2.24, 2.45) is 0 Å². The van der Waals surface area contributed by atoms with Gasteiger partial charge in [0.1, 0.15) is 0 Å². The normalized spacial score (nSPS) is 15.6. The highest BCUT2D eigenvalue weighted by Gasteiger charge is 2.13. The second-order valence-corrected chi connectivity index (χ2v) is 2.50. The van der Waals surface area contributed by atoms with Gasteiger partial charge in [0.05, 0.1) is 0 Å². The van der Waals surface area contributed by atoms with Crippen molar-refractivity contribution in [2.45, 2.75) is 27.7 Å². The van der Waals surface area contributed by atoms with Crippen LogP contribution in [0.3, 0.4) is 0 Å². The van der Waals surface area contributed by atoms with Gasteiger partial charge in [-0.2, -0.15) is 0 Å². The Morgan fingerprint density at radius 3 is 0.800 bits per heavy atom. The fourth-order valence-electron chi connectivity index (χ4n) is 1.06. The van der Waals surface area contributed by atoms with Crippen LogP contribution in [0.15, 0.2) is 22.3 Å². The van der Waals surface area contributed by atoms with E-state index in [1.54, 1.807) is 0 Å². The van der Waals surface area contributed by atoms with E-state index in [0.717, 1.165) is 0 Å². The Hall–Kier alpha value is 0.302. The van der Waals surface area contributed by atoms with Crippen LogP contribution in [0, 0.1) is 0 Å². The highest BCUT2D eigenvalue weighted by molar-refractivity contribution is 5.85. The van der Waals surface area contributed by atoms with Crippen LogP contribution in [0.5, 0.6) is 0 Å². The smallest absolute Gasteiger partial charge is 0.147 e. The lowest BCUT2D eigenvalue weighted by Gasteiger charge is -2.21. The van der Waals surface area contributed by atoms with Crippen molar-refractivity contribution in [3.63, 3.8) is 0 Å². The third-order valence-corrected chi connectivity index (χ3v) is 2.25. The molecule has 0 aromatic carbocycles. The van der Waals surface area contributed by atoms with Crippen LogP contribution in [0.2, 0.25) is 0 Å². The topological polar surface area (TPSA) is 0 Å². The minimum absolute atomic E-state index is 0. The lowest BCUT2D eigenvalue weighted by Crippen LogP contribution is -2.01. The molecule has 0 radical (unpaired) electrons. The van der Waals surface area contributed by atoms with Crippen molar-refractivity contribution in [2.75, 3.05) is 0 Å². The second kappa shape index (κ2) is 4.24. The van der Waals surface area contributed by atoms with Crippen LogP contribution in [0.4, 0.5) is 0 Å². The summed E-state index contributed by atoms with van der Waals surface area (Å²) in [4.78, 5) is 0. The molecule has 58 valence electrons. The van der Waals surface area contributed by atoms with E-state index in [1.807, 2.05) is 0 Å². The average molecular weight is 175 g/mol. The summed E-state index contributed by atoms with van der Waals surface area (Å²) >= 11 is 0. The van der Waals surface area contributed by atoms with Gasteiger partial charge in [-0.3, -0.25) is 0 Å². The molecule has 0 unspecified atom stereocenters. The summed E-state index contributed by atoms with van der Waals surface area (Å²) < 4.78 is 0. The van der Waals surface area contributed by atoms with Gasteiger partial charge in [0.15, 0.2) is 17.4 Å². The molecule has 0 heterocycles. The molecule has 0 saturated heterocycles. The van der Waals surface area contributed by atoms with E-state index in [-0.39, 0.29) is 29.8 Å². The molecule has 0 spiro atoms. The molecule has 0 atom stereocenters. The molecule has 0 fully saturated rings. The Balaban J connectivity index is 0. The summed E-state index contributed by atoms with van der Waals surface area (Å²) in [5, 5.41) is 0. The molecule has 0 bridgehead atoms. The first-order valence-electron chi connectivity index (χ1n) is 3.00. The Morgan fingerprint density at radius 2 is 0.700 bits per heavy atom. The zero-order chi connectivity index (χ0) is 6.31. The van der Waals surface area contributed by atoms with Crippen LogP contribution < -0.4 is 0 Å². The zero-order valence-electron chi connectivity index (χ0n) is 6.41. The van der Waals surface area contributed by atoms with Crippen molar-refractivity contribution in [3.8, 4) is 0 Å². The summed E-state index contributed by atoms with van der Waals surface area (Å²) in [5.41, 5.74) is 5.95. The molecule has 1 aliphatic carbocycles. The average Bonchev–Trinajstić information content (AvgIpc) is 1.83. The third-order valence-electron chi connectivity index (χ3n) is 2.25. The second-order valence-electron chi connectivity index (χ2n) is 2.50. The summed E-state index contributed by atoms with van der Waals surface area (Å²) in [6, 6.07) is 0. The van der Waals surface area contributed by atoms with E-state index in [9.17, 15) is 0 Å². The van der Waals surface area contributed by atoms with E-state index in [2.05, 4.69) is 27.7 Å². The standard InChI is InChI=1S/C8H12.Al.ClH.3H/c1-5-6(2)8(4)7(5)3;;;;;/h1-4H3;;1H;;;. The lowest BCUT2D eigenvalue weighted by molar-refractivity contribution is 1.10. The number of halogens is 1. The maximum atomic E-state index is 2.18. The first kappa shape index (κ1) is 12.9. The molecular formula is C8H16AlCl. The predicted octanol–water partition coefficient (Wildman–Crippen LogP) is 1.91. The zero-order valence-corrected chi connectivity index (χ0v) is 7.22. The molecule has 1 rings (SSSR count). The summed E-state index contributed by atoms with van der Waals surface area (Å²) in [6.07, 6.45) is 0. The van der Waals surface area contributed by atoms with E-state index < -0.39 is 0 Å². The van der Waals surface area contributed by atoms with Gasteiger partial charge in [-0.15, -0.1) is 12.4 Å². The lowest BCUT2D eigenvalue weighted by atomic mass is 9.84. The minimum Gasteiger partial charge on any atom is -0.147 e. The molecule has 0 N–H and O–H groups in total. The SMILES string of the molecule is CC1=C(C)C(C)=C1C.Cl.[AlH3]. The van der Waals surface area contributed by atoms with Crippen LogP contribution in [-0.2, 0) is 0 Å². The first-order valence-corrected chi connectivity index (χ1v) is 3.00. The molecule has 10 heavy (non-hydrogen) atoms. The number of rotatable bonds is 0. The largest absolute Gasteiger partial charge is 0.187 e. The van der Waals surface area contributed by atoms with E-state index >= 15 is 0 Å². The summed E-state index contributed by atoms with van der Waals surface area (Å²) in [7, 11) is 0. The van der Waals surface area contributed by atoms with Gasteiger partial charge >= 0.3 is 0 Å². The monoisotopic (exact) mass is 174 g/mol. The third kappa shape index (κ3) is 1.67. The fourth-order valence-corrected chi connectivity index (χ4v) is 1.06. The minimum atomic E-state index is 0.